The maximum absolute atomic E-state index is 12.3. The van der Waals surface area contributed by atoms with E-state index in [1.165, 1.54) is 0 Å². The summed E-state index contributed by atoms with van der Waals surface area (Å²) in [5, 5.41) is 15.6. The number of carbonyl (C=O) groups excluding carboxylic acids is 1. The summed E-state index contributed by atoms with van der Waals surface area (Å²) in [7, 11) is 0. The lowest BCUT2D eigenvalue weighted by atomic mass is 10.1. The van der Waals surface area contributed by atoms with Crippen LogP contribution in [0.4, 0.5) is 5.69 Å². The number of H-pyrrole nitrogens is 1. The normalized spacial score (nSPS) is 17.2. The number of carbonyl (C=O) groups is 1. The van der Waals surface area contributed by atoms with Crippen molar-refractivity contribution in [1.29, 1.82) is 0 Å². The average molecular weight is 346 g/mol. The number of furan rings is 1. The van der Waals surface area contributed by atoms with Crippen LogP contribution in [0.3, 0.4) is 0 Å². The van der Waals surface area contributed by atoms with Gasteiger partial charge in [0, 0.05) is 16.5 Å². The van der Waals surface area contributed by atoms with E-state index < -0.39 is 0 Å². The van der Waals surface area contributed by atoms with Gasteiger partial charge in [-0.25, -0.2) is 0 Å². The Morgan fingerprint density at radius 3 is 2.96 bits per heavy atom. The Morgan fingerprint density at radius 2 is 2.12 bits per heavy atom. The first-order valence-electron chi connectivity index (χ1n) is 8.79. The number of para-hydroxylation sites is 1. The summed E-state index contributed by atoms with van der Waals surface area (Å²) in [4.78, 5) is 12.3. The molecule has 3 heterocycles. The molecule has 1 saturated heterocycles. The number of fused-ring (bicyclic) bond motifs is 2. The van der Waals surface area contributed by atoms with E-state index in [9.17, 15) is 4.79 Å². The summed E-state index contributed by atoms with van der Waals surface area (Å²) >= 11 is 0. The number of aromatic nitrogens is 2. The second-order valence-electron chi connectivity index (χ2n) is 6.62. The Morgan fingerprint density at radius 1 is 1.19 bits per heavy atom. The molecule has 1 amide bonds. The molecule has 26 heavy (non-hydrogen) atoms. The van der Waals surface area contributed by atoms with Gasteiger partial charge in [-0.3, -0.25) is 9.89 Å². The third kappa shape index (κ3) is 2.55. The van der Waals surface area contributed by atoms with Crippen molar-refractivity contribution in [2.45, 2.75) is 18.9 Å². The van der Waals surface area contributed by atoms with Crippen molar-refractivity contribution in [3.8, 4) is 11.5 Å². The first-order valence-corrected chi connectivity index (χ1v) is 8.79. The Balaban J connectivity index is 1.51. The maximum atomic E-state index is 12.3. The van der Waals surface area contributed by atoms with Crippen LogP contribution < -0.4 is 10.6 Å². The lowest BCUT2D eigenvalue weighted by Crippen LogP contribution is -2.35. The van der Waals surface area contributed by atoms with Crippen molar-refractivity contribution in [3.05, 3.63) is 48.5 Å². The van der Waals surface area contributed by atoms with Crippen molar-refractivity contribution >= 4 is 33.5 Å². The second kappa shape index (κ2) is 6.00. The first-order chi connectivity index (χ1) is 12.8. The SMILES string of the molecule is O=C(Nc1ccc2[nH]nc(-c3cc4ccccc4o3)c2c1)C1CCCN1. The molecule has 0 radical (unpaired) electrons. The summed E-state index contributed by atoms with van der Waals surface area (Å²) in [6.07, 6.45) is 1.92. The van der Waals surface area contributed by atoms with Gasteiger partial charge in [0.1, 0.15) is 11.3 Å². The molecule has 4 aromatic rings. The molecule has 2 aromatic heterocycles. The highest BCUT2D eigenvalue weighted by Gasteiger charge is 2.22. The number of benzene rings is 2. The van der Waals surface area contributed by atoms with Crippen molar-refractivity contribution in [1.82, 2.24) is 15.5 Å². The topological polar surface area (TPSA) is 83.0 Å². The van der Waals surface area contributed by atoms with E-state index in [2.05, 4.69) is 20.8 Å². The van der Waals surface area contributed by atoms with Gasteiger partial charge in [0.05, 0.1) is 11.6 Å². The Hall–Kier alpha value is -3.12. The Labute approximate surface area is 149 Å². The minimum absolute atomic E-state index is 0.00984. The number of anilines is 1. The highest BCUT2D eigenvalue weighted by atomic mass is 16.3. The van der Waals surface area contributed by atoms with E-state index in [1.807, 2.05) is 48.5 Å². The molecular weight excluding hydrogens is 328 g/mol. The van der Waals surface area contributed by atoms with E-state index in [-0.39, 0.29) is 11.9 Å². The monoisotopic (exact) mass is 346 g/mol. The fourth-order valence-corrected chi connectivity index (χ4v) is 3.52. The number of rotatable bonds is 3. The molecule has 1 fully saturated rings. The standard InChI is InChI=1S/C20H18N4O2/c25-20(16-5-3-9-21-16)22-13-7-8-15-14(11-13)19(24-23-15)18-10-12-4-1-2-6-17(12)26-18/h1-2,4,6-8,10-11,16,21H,3,5,9H2,(H,22,25)(H,23,24). The largest absolute Gasteiger partial charge is 0.454 e. The Kier molecular flexibility index (Phi) is 3.50. The van der Waals surface area contributed by atoms with Crippen LogP contribution in [-0.2, 0) is 4.79 Å². The van der Waals surface area contributed by atoms with E-state index in [0.29, 0.717) is 5.76 Å². The lowest BCUT2D eigenvalue weighted by molar-refractivity contribution is -0.117. The van der Waals surface area contributed by atoms with Crippen LogP contribution in [0.2, 0.25) is 0 Å². The highest BCUT2D eigenvalue weighted by molar-refractivity contribution is 6.00. The molecule has 5 rings (SSSR count). The summed E-state index contributed by atoms with van der Waals surface area (Å²) in [6, 6.07) is 15.5. The predicted octanol–water partition coefficient (Wildman–Crippen LogP) is 3.67. The van der Waals surface area contributed by atoms with Gasteiger partial charge in [0.2, 0.25) is 5.91 Å². The summed E-state index contributed by atoms with van der Waals surface area (Å²) in [5.74, 6) is 0.717. The van der Waals surface area contributed by atoms with Gasteiger partial charge < -0.3 is 15.1 Å². The Bertz CT molecular complexity index is 1070. The first kappa shape index (κ1) is 15.2. The van der Waals surface area contributed by atoms with E-state index >= 15 is 0 Å². The molecule has 1 aliphatic heterocycles. The molecule has 0 aliphatic carbocycles. The van der Waals surface area contributed by atoms with Crippen LogP contribution >= 0.6 is 0 Å². The van der Waals surface area contributed by atoms with Crippen LogP contribution in [0.15, 0.2) is 52.9 Å². The number of hydrogen-bond donors (Lipinski definition) is 3. The number of amides is 1. The molecule has 6 nitrogen and oxygen atoms in total. The van der Waals surface area contributed by atoms with Crippen molar-refractivity contribution in [2.24, 2.45) is 0 Å². The molecule has 0 saturated carbocycles. The van der Waals surface area contributed by atoms with E-state index in [1.54, 1.807) is 0 Å². The molecule has 0 spiro atoms. The molecule has 6 heteroatoms. The van der Waals surface area contributed by atoms with Crippen LogP contribution in [0.25, 0.3) is 33.3 Å². The smallest absolute Gasteiger partial charge is 0.241 e. The fraction of sp³-hybridized carbons (Fsp3) is 0.200. The third-order valence-corrected chi connectivity index (χ3v) is 4.87. The van der Waals surface area contributed by atoms with Gasteiger partial charge in [0.25, 0.3) is 0 Å². The van der Waals surface area contributed by atoms with E-state index in [4.69, 9.17) is 4.42 Å². The van der Waals surface area contributed by atoms with Crippen LogP contribution in [0, 0.1) is 0 Å². The summed E-state index contributed by atoms with van der Waals surface area (Å²) in [5.41, 5.74) is 3.23. The van der Waals surface area contributed by atoms with Gasteiger partial charge in [-0.2, -0.15) is 5.10 Å². The molecule has 3 N–H and O–H groups in total. The van der Waals surface area contributed by atoms with Gasteiger partial charge in [-0.15, -0.1) is 0 Å². The third-order valence-electron chi connectivity index (χ3n) is 4.87. The number of nitrogens with one attached hydrogen (secondary N) is 3. The van der Waals surface area contributed by atoms with Crippen LogP contribution in [0.5, 0.6) is 0 Å². The number of hydrogen-bond acceptors (Lipinski definition) is 4. The number of nitrogens with zero attached hydrogens (tertiary/aromatic N) is 1. The van der Waals surface area contributed by atoms with Crippen molar-refractivity contribution in [3.63, 3.8) is 0 Å². The average Bonchev–Trinajstić information content (AvgIpc) is 3.39. The van der Waals surface area contributed by atoms with Crippen molar-refractivity contribution < 1.29 is 9.21 Å². The fourth-order valence-electron chi connectivity index (χ4n) is 3.52. The van der Waals surface area contributed by atoms with Gasteiger partial charge in [-0.05, 0) is 49.7 Å². The maximum Gasteiger partial charge on any atom is 0.241 e. The van der Waals surface area contributed by atoms with Gasteiger partial charge in [-0.1, -0.05) is 18.2 Å². The van der Waals surface area contributed by atoms with Crippen LogP contribution in [0.1, 0.15) is 12.8 Å². The zero-order chi connectivity index (χ0) is 17.5. The van der Waals surface area contributed by atoms with Gasteiger partial charge in [0.15, 0.2) is 5.76 Å². The summed E-state index contributed by atoms with van der Waals surface area (Å²) < 4.78 is 5.94. The van der Waals surface area contributed by atoms with Crippen LogP contribution in [-0.4, -0.2) is 28.7 Å². The van der Waals surface area contributed by atoms with Crippen molar-refractivity contribution in [2.75, 3.05) is 11.9 Å². The number of aromatic amines is 1. The minimum Gasteiger partial charge on any atom is -0.454 e. The molecule has 0 bridgehead atoms. The second-order valence-corrected chi connectivity index (χ2v) is 6.62. The quantitative estimate of drug-likeness (QED) is 0.529. The molecule has 130 valence electrons. The molecule has 1 aliphatic rings. The minimum atomic E-state index is -0.107. The molecule has 2 aromatic carbocycles. The lowest BCUT2D eigenvalue weighted by Gasteiger charge is -2.11. The van der Waals surface area contributed by atoms with E-state index in [0.717, 1.165) is 52.6 Å². The zero-order valence-corrected chi connectivity index (χ0v) is 14.1. The molecular formula is C20H18N4O2. The predicted molar refractivity (Wildman–Crippen MR) is 101 cm³/mol. The zero-order valence-electron chi connectivity index (χ0n) is 14.1. The molecule has 1 atom stereocenters. The highest BCUT2D eigenvalue weighted by Crippen LogP contribution is 2.32. The summed E-state index contributed by atoms with van der Waals surface area (Å²) in [6.45, 7) is 0.898. The van der Waals surface area contributed by atoms with Gasteiger partial charge >= 0.3 is 0 Å². The molecule has 1 unspecified atom stereocenters.